The Labute approximate surface area is 94.9 Å². The van der Waals surface area contributed by atoms with Gasteiger partial charge in [-0.25, -0.2) is 0 Å². The average Bonchev–Trinajstić information content (AvgIpc) is 2.10. The van der Waals surface area contributed by atoms with E-state index in [9.17, 15) is 0 Å². The van der Waals surface area contributed by atoms with Gasteiger partial charge in [0.15, 0.2) is 17.4 Å². The molecule has 0 saturated heterocycles. The maximum absolute atomic E-state index is 3.83. The molecule has 0 spiro atoms. The Morgan fingerprint density at radius 2 is 1.46 bits per heavy atom. The summed E-state index contributed by atoms with van der Waals surface area (Å²) in [6.07, 6.45) is 15.1. The van der Waals surface area contributed by atoms with Gasteiger partial charge in [-0.05, 0) is 19.8 Å². The lowest BCUT2D eigenvalue weighted by atomic mass is 10.1. The van der Waals surface area contributed by atoms with Crippen molar-refractivity contribution < 1.29 is 0 Å². The highest BCUT2D eigenvalue weighted by Gasteiger charge is 1.88. The van der Waals surface area contributed by atoms with Crippen molar-refractivity contribution in [3.63, 3.8) is 0 Å². The van der Waals surface area contributed by atoms with E-state index < -0.39 is 0 Å². The summed E-state index contributed by atoms with van der Waals surface area (Å²) >= 11 is 0. The summed E-state index contributed by atoms with van der Waals surface area (Å²) in [5, 5.41) is 0. The van der Waals surface area contributed by atoms with Crippen LogP contribution in [0.4, 0.5) is 0 Å². The van der Waals surface area contributed by atoms with Crippen LogP contribution in [0.25, 0.3) is 0 Å². The molecule has 0 heterocycles. The third kappa shape index (κ3) is 15.1. The molecule has 77 valence electrons. The van der Waals surface area contributed by atoms with E-state index in [1.165, 1.54) is 44.9 Å². The van der Waals surface area contributed by atoms with Crippen LogP contribution in [-0.4, -0.2) is 17.4 Å². The van der Waals surface area contributed by atoms with Crippen molar-refractivity contribution >= 4 is 17.4 Å². The van der Waals surface area contributed by atoms with Crippen LogP contribution < -0.4 is 0 Å². The molecule has 0 aliphatic rings. The summed E-state index contributed by atoms with van der Waals surface area (Å²) in [4.78, 5) is 0. The largest absolute Gasteiger partial charge is 0.187 e. The smallest absolute Gasteiger partial charge is 0.0917 e. The van der Waals surface area contributed by atoms with Gasteiger partial charge in [0.25, 0.3) is 0 Å². The molecule has 0 unspecified atom stereocenters. The molecule has 1 heteroatoms. The van der Waals surface area contributed by atoms with Crippen molar-refractivity contribution in [2.24, 2.45) is 0 Å². The molecular formula is C12H26Al. The molecule has 0 aromatic rings. The quantitative estimate of drug-likeness (QED) is 0.318. The third-order valence-electron chi connectivity index (χ3n) is 2.11. The van der Waals surface area contributed by atoms with Crippen LogP contribution >= 0.6 is 0 Å². The predicted molar refractivity (Wildman–Crippen MR) is 67.0 cm³/mol. The van der Waals surface area contributed by atoms with Gasteiger partial charge in [0.05, 0.1) is 0 Å². The van der Waals surface area contributed by atoms with Crippen molar-refractivity contribution in [2.75, 3.05) is 0 Å². The predicted octanol–water partition coefficient (Wildman–Crippen LogP) is 3.33. The molecule has 13 heavy (non-hydrogen) atoms. The normalized spacial score (nSPS) is 10.3. The van der Waals surface area contributed by atoms with Crippen molar-refractivity contribution in [1.29, 1.82) is 0 Å². The molecule has 0 aliphatic heterocycles. The van der Waals surface area contributed by atoms with Gasteiger partial charge < -0.3 is 0 Å². The summed E-state index contributed by atoms with van der Waals surface area (Å²) < 4.78 is 0. The monoisotopic (exact) mass is 197 g/mol. The van der Waals surface area contributed by atoms with Gasteiger partial charge in [-0.1, -0.05) is 57.6 Å². The number of hydrogen-bond acceptors (Lipinski definition) is 0. The zero-order chi connectivity index (χ0) is 9.07. The van der Waals surface area contributed by atoms with Crippen LogP contribution in [0.5, 0.6) is 0 Å². The Kier molecular flexibility index (Phi) is 17.9. The van der Waals surface area contributed by atoms with Crippen LogP contribution in [0, 0.1) is 6.92 Å². The first-order chi connectivity index (χ1) is 5.91. The van der Waals surface area contributed by atoms with Gasteiger partial charge in [0, 0.05) is 0 Å². The fraction of sp³-hybridized carbons (Fsp3) is 0.750. The van der Waals surface area contributed by atoms with Gasteiger partial charge >= 0.3 is 0 Å². The standard InChI is InChI=1S/C12H23.Al.3H/c1-3-5-7-9-11-12-10-8-6-4-2;;;;/h4,6H,1,3,5,7-12H2,2H3;;;;. The van der Waals surface area contributed by atoms with Gasteiger partial charge in [-0.2, -0.15) is 0 Å². The highest BCUT2D eigenvalue weighted by Crippen LogP contribution is 2.08. The summed E-state index contributed by atoms with van der Waals surface area (Å²) in [5.74, 6) is 0. The maximum Gasteiger partial charge on any atom is 0.187 e. The lowest BCUT2D eigenvalue weighted by Crippen LogP contribution is -1.78. The second-order valence-electron chi connectivity index (χ2n) is 3.33. The zero-order valence-electron chi connectivity index (χ0n) is 8.52. The number of hydrogen-bond donors (Lipinski definition) is 0. The molecule has 0 aliphatic carbocycles. The van der Waals surface area contributed by atoms with E-state index in [0.29, 0.717) is 0 Å². The van der Waals surface area contributed by atoms with E-state index in [2.05, 4.69) is 26.0 Å². The average molecular weight is 197 g/mol. The number of rotatable bonds is 8. The maximum atomic E-state index is 3.83. The molecule has 0 nitrogen and oxygen atoms in total. The summed E-state index contributed by atoms with van der Waals surface area (Å²) in [6, 6.07) is 0. The zero-order valence-corrected chi connectivity index (χ0v) is 8.52. The fourth-order valence-corrected chi connectivity index (χ4v) is 1.31. The van der Waals surface area contributed by atoms with Gasteiger partial charge in [0.1, 0.15) is 0 Å². The second-order valence-corrected chi connectivity index (χ2v) is 3.33. The van der Waals surface area contributed by atoms with E-state index >= 15 is 0 Å². The Bertz CT molecular complexity index is 97.3. The molecular weight excluding hydrogens is 171 g/mol. The SMILES string of the molecule is [AlH3].[CH2]CCCCCCCCC=CC. The molecule has 0 aromatic heterocycles. The minimum atomic E-state index is 0. The number of allylic oxidation sites excluding steroid dienone is 2. The van der Waals surface area contributed by atoms with E-state index in [1.54, 1.807) is 0 Å². The molecule has 0 N–H and O–H groups in total. The molecule has 0 amide bonds. The van der Waals surface area contributed by atoms with E-state index in [-0.39, 0.29) is 17.4 Å². The summed E-state index contributed by atoms with van der Waals surface area (Å²) in [5.41, 5.74) is 0. The van der Waals surface area contributed by atoms with Crippen LogP contribution in [0.2, 0.25) is 0 Å². The highest BCUT2D eigenvalue weighted by atomic mass is 27.0. The lowest BCUT2D eigenvalue weighted by Gasteiger charge is -1.98. The van der Waals surface area contributed by atoms with E-state index in [4.69, 9.17) is 0 Å². The van der Waals surface area contributed by atoms with Crippen molar-refractivity contribution in [3.05, 3.63) is 19.1 Å². The molecule has 1 radical (unpaired) electrons. The van der Waals surface area contributed by atoms with Gasteiger partial charge in [0.2, 0.25) is 0 Å². The van der Waals surface area contributed by atoms with Crippen LogP contribution in [-0.2, 0) is 0 Å². The van der Waals surface area contributed by atoms with Crippen molar-refractivity contribution in [2.45, 2.75) is 58.3 Å². The molecule has 0 saturated carbocycles. The fourth-order valence-electron chi connectivity index (χ4n) is 1.31. The molecule has 0 atom stereocenters. The highest BCUT2D eigenvalue weighted by molar-refractivity contribution is 5.75. The number of unbranched alkanes of at least 4 members (excludes halogenated alkanes) is 7. The molecule has 0 bridgehead atoms. The molecule has 0 aromatic carbocycles. The topological polar surface area (TPSA) is 0 Å². The Hall–Kier alpha value is 0.272. The van der Waals surface area contributed by atoms with Crippen LogP contribution in [0.3, 0.4) is 0 Å². The molecule has 0 fully saturated rings. The second kappa shape index (κ2) is 14.8. The first kappa shape index (κ1) is 15.7. The Morgan fingerprint density at radius 1 is 0.923 bits per heavy atom. The minimum Gasteiger partial charge on any atom is -0.0917 e. The Morgan fingerprint density at radius 3 is 2.00 bits per heavy atom. The summed E-state index contributed by atoms with van der Waals surface area (Å²) in [7, 11) is 0. The lowest BCUT2D eigenvalue weighted by molar-refractivity contribution is 0.599. The van der Waals surface area contributed by atoms with Crippen molar-refractivity contribution in [1.82, 2.24) is 0 Å². The van der Waals surface area contributed by atoms with E-state index in [0.717, 1.165) is 6.42 Å². The minimum absolute atomic E-state index is 0. The van der Waals surface area contributed by atoms with Crippen molar-refractivity contribution in [3.8, 4) is 0 Å². The van der Waals surface area contributed by atoms with Gasteiger partial charge in [-0.3, -0.25) is 0 Å². The summed E-state index contributed by atoms with van der Waals surface area (Å²) in [6.45, 7) is 5.93. The van der Waals surface area contributed by atoms with Gasteiger partial charge in [-0.15, -0.1) is 0 Å². The van der Waals surface area contributed by atoms with E-state index in [1.807, 2.05) is 0 Å². The van der Waals surface area contributed by atoms with Crippen LogP contribution in [0.1, 0.15) is 58.3 Å². The first-order valence-electron chi connectivity index (χ1n) is 5.32. The Balaban J connectivity index is 0. The first-order valence-corrected chi connectivity index (χ1v) is 5.32. The third-order valence-corrected chi connectivity index (χ3v) is 2.11. The van der Waals surface area contributed by atoms with Crippen LogP contribution in [0.15, 0.2) is 12.2 Å². The molecule has 0 rings (SSSR count).